The summed E-state index contributed by atoms with van der Waals surface area (Å²) in [7, 11) is 0. The summed E-state index contributed by atoms with van der Waals surface area (Å²) in [5, 5.41) is 9.98. The zero-order chi connectivity index (χ0) is 13.8. The lowest BCUT2D eigenvalue weighted by Crippen LogP contribution is -2.38. The third-order valence-electron chi connectivity index (χ3n) is 2.59. The quantitative estimate of drug-likeness (QED) is 0.383. The predicted molar refractivity (Wildman–Crippen MR) is 83.8 cm³/mol. The van der Waals surface area contributed by atoms with Gasteiger partial charge in [-0.05, 0) is 31.9 Å². The van der Waals surface area contributed by atoms with Gasteiger partial charge in [0.25, 0.3) is 0 Å². The number of benzene rings is 1. The Morgan fingerprint density at radius 3 is 2.53 bits per heavy atom. The molecule has 4 heteroatoms. The van der Waals surface area contributed by atoms with Crippen LogP contribution in [0.1, 0.15) is 26.7 Å². The lowest BCUT2D eigenvalue weighted by molar-refractivity contribution is 0.762. The first-order chi connectivity index (χ1) is 9.36. The number of guanidine groups is 1. The molecule has 0 saturated carbocycles. The maximum Gasteiger partial charge on any atom is 0.191 e. The van der Waals surface area contributed by atoms with Crippen molar-refractivity contribution in [3.63, 3.8) is 0 Å². The second-order valence-corrected chi connectivity index (χ2v) is 4.33. The Kier molecular flexibility index (Phi) is 8.27. The molecule has 1 aromatic carbocycles. The number of hydrogen-bond donors (Lipinski definition) is 3. The molecular formula is C15H26N4. The molecule has 0 heterocycles. The third-order valence-corrected chi connectivity index (χ3v) is 2.59. The molecular weight excluding hydrogens is 236 g/mol. The molecule has 19 heavy (non-hydrogen) atoms. The molecule has 0 aliphatic heterocycles. The van der Waals surface area contributed by atoms with Crippen molar-refractivity contribution >= 4 is 11.6 Å². The van der Waals surface area contributed by atoms with Crippen LogP contribution in [-0.4, -0.2) is 32.1 Å². The van der Waals surface area contributed by atoms with Gasteiger partial charge in [0.05, 0.1) is 0 Å². The number of hydrogen-bond acceptors (Lipinski definition) is 2. The maximum atomic E-state index is 4.46. The van der Waals surface area contributed by atoms with Crippen LogP contribution in [0.2, 0.25) is 0 Å². The molecule has 1 aromatic rings. The molecule has 0 aliphatic rings. The van der Waals surface area contributed by atoms with E-state index in [-0.39, 0.29) is 0 Å². The molecule has 1 rings (SSSR count). The van der Waals surface area contributed by atoms with Gasteiger partial charge in [0.2, 0.25) is 0 Å². The van der Waals surface area contributed by atoms with Crippen LogP contribution in [0.25, 0.3) is 0 Å². The summed E-state index contributed by atoms with van der Waals surface area (Å²) in [6, 6.07) is 10.3. The van der Waals surface area contributed by atoms with E-state index >= 15 is 0 Å². The van der Waals surface area contributed by atoms with Crippen molar-refractivity contribution in [3.8, 4) is 0 Å². The van der Waals surface area contributed by atoms with Gasteiger partial charge < -0.3 is 16.0 Å². The van der Waals surface area contributed by atoms with E-state index in [1.807, 2.05) is 18.2 Å². The monoisotopic (exact) mass is 262 g/mol. The van der Waals surface area contributed by atoms with Crippen LogP contribution in [0.5, 0.6) is 0 Å². The molecule has 0 saturated heterocycles. The topological polar surface area (TPSA) is 48.5 Å². The van der Waals surface area contributed by atoms with Crippen LogP contribution in [0.3, 0.4) is 0 Å². The average Bonchev–Trinajstić information content (AvgIpc) is 2.45. The molecule has 0 aromatic heterocycles. The maximum absolute atomic E-state index is 4.46. The van der Waals surface area contributed by atoms with Gasteiger partial charge >= 0.3 is 0 Å². The van der Waals surface area contributed by atoms with Gasteiger partial charge in [0.15, 0.2) is 5.96 Å². The fraction of sp³-hybridized carbons (Fsp3) is 0.533. The SMILES string of the molecule is CCCN=C(NCC)NCCCNc1ccccc1. The van der Waals surface area contributed by atoms with Crippen molar-refractivity contribution in [2.75, 3.05) is 31.5 Å². The minimum absolute atomic E-state index is 0.873. The summed E-state index contributed by atoms with van der Waals surface area (Å²) in [5.41, 5.74) is 1.18. The van der Waals surface area contributed by atoms with Crippen LogP contribution >= 0.6 is 0 Å². The van der Waals surface area contributed by atoms with Gasteiger partial charge in [-0.1, -0.05) is 25.1 Å². The molecule has 0 unspecified atom stereocenters. The molecule has 4 nitrogen and oxygen atoms in total. The van der Waals surface area contributed by atoms with Gasteiger partial charge in [-0.3, -0.25) is 4.99 Å². The minimum Gasteiger partial charge on any atom is -0.385 e. The van der Waals surface area contributed by atoms with Crippen molar-refractivity contribution in [3.05, 3.63) is 30.3 Å². The zero-order valence-corrected chi connectivity index (χ0v) is 12.1. The first-order valence-corrected chi connectivity index (χ1v) is 7.18. The van der Waals surface area contributed by atoms with Crippen molar-refractivity contribution < 1.29 is 0 Å². The molecule has 0 aliphatic carbocycles. The number of aliphatic imine (C=N–C) groups is 1. The van der Waals surface area contributed by atoms with Crippen molar-refractivity contribution in [2.24, 2.45) is 4.99 Å². The normalized spacial score (nSPS) is 11.2. The molecule has 0 fully saturated rings. The van der Waals surface area contributed by atoms with Gasteiger partial charge in [-0.25, -0.2) is 0 Å². The first-order valence-electron chi connectivity index (χ1n) is 7.18. The summed E-state index contributed by atoms with van der Waals surface area (Å²) in [6.45, 7) is 7.88. The highest BCUT2D eigenvalue weighted by Crippen LogP contribution is 2.03. The lowest BCUT2D eigenvalue weighted by atomic mass is 10.3. The van der Waals surface area contributed by atoms with E-state index in [0.29, 0.717) is 0 Å². The van der Waals surface area contributed by atoms with Crippen molar-refractivity contribution in [1.29, 1.82) is 0 Å². The Morgan fingerprint density at radius 2 is 1.84 bits per heavy atom. The molecule has 3 N–H and O–H groups in total. The van der Waals surface area contributed by atoms with E-state index in [4.69, 9.17) is 0 Å². The summed E-state index contributed by atoms with van der Waals surface area (Å²) >= 11 is 0. The molecule has 0 radical (unpaired) electrons. The standard InChI is InChI=1S/C15H26N4/c1-3-11-18-15(16-4-2)19-13-8-12-17-14-9-6-5-7-10-14/h5-7,9-10,17H,3-4,8,11-13H2,1-2H3,(H2,16,18,19). The van der Waals surface area contributed by atoms with E-state index in [1.54, 1.807) is 0 Å². The van der Waals surface area contributed by atoms with E-state index in [1.165, 1.54) is 5.69 Å². The highest BCUT2D eigenvalue weighted by molar-refractivity contribution is 5.79. The largest absolute Gasteiger partial charge is 0.385 e. The smallest absolute Gasteiger partial charge is 0.191 e. The average molecular weight is 262 g/mol. The second kappa shape index (κ2) is 10.2. The predicted octanol–water partition coefficient (Wildman–Crippen LogP) is 2.45. The fourth-order valence-corrected chi connectivity index (χ4v) is 1.65. The second-order valence-electron chi connectivity index (χ2n) is 4.33. The van der Waals surface area contributed by atoms with Gasteiger partial charge in [-0.15, -0.1) is 0 Å². The van der Waals surface area contributed by atoms with Gasteiger partial charge in [0.1, 0.15) is 0 Å². The van der Waals surface area contributed by atoms with Crippen LogP contribution in [0, 0.1) is 0 Å². The van der Waals surface area contributed by atoms with Gasteiger partial charge in [0, 0.05) is 31.9 Å². The molecule has 0 amide bonds. The summed E-state index contributed by atoms with van der Waals surface area (Å²) in [5.74, 6) is 0.920. The van der Waals surface area contributed by atoms with Crippen molar-refractivity contribution in [2.45, 2.75) is 26.7 Å². The molecule has 0 spiro atoms. The van der Waals surface area contributed by atoms with Crippen LogP contribution in [0.4, 0.5) is 5.69 Å². The Bertz CT molecular complexity index is 348. The lowest BCUT2D eigenvalue weighted by Gasteiger charge is -2.11. The van der Waals surface area contributed by atoms with E-state index in [0.717, 1.165) is 45.0 Å². The highest BCUT2D eigenvalue weighted by Gasteiger charge is 1.95. The van der Waals surface area contributed by atoms with Crippen molar-refractivity contribution in [1.82, 2.24) is 10.6 Å². The Morgan fingerprint density at radius 1 is 1.05 bits per heavy atom. The van der Waals surface area contributed by atoms with Crippen LogP contribution < -0.4 is 16.0 Å². The van der Waals surface area contributed by atoms with E-state index in [2.05, 4.69) is 46.9 Å². The minimum atomic E-state index is 0.873. The summed E-state index contributed by atoms with van der Waals surface area (Å²) < 4.78 is 0. The summed E-state index contributed by atoms with van der Waals surface area (Å²) in [4.78, 5) is 4.46. The number of nitrogens with zero attached hydrogens (tertiary/aromatic N) is 1. The Labute approximate surface area is 116 Å². The fourth-order valence-electron chi connectivity index (χ4n) is 1.65. The number of para-hydroxylation sites is 1. The third kappa shape index (κ3) is 7.34. The Hall–Kier alpha value is -1.71. The Balaban J connectivity index is 2.14. The number of nitrogens with one attached hydrogen (secondary N) is 3. The van der Waals surface area contributed by atoms with E-state index in [9.17, 15) is 0 Å². The summed E-state index contributed by atoms with van der Waals surface area (Å²) in [6.07, 6.45) is 2.14. The number of anilines is 1. The zero-order valence-electron chi connectivity index (χ0n) is 12.1. The van der Waals surface area contributed by atoms with Gasteiger partial charge in [-0.2, -0.15) is 0 Å². The molecule has 0 atom stereocenters. The highest BCUT2D eigenvalue weighted by atomic mass is 15.2. The van der Waals surface area contributed by atoms with Crippen LogP contribution in [0.15, 0.2) is 35.3 Å². The molecule has 0 bridgehead atoms. The van der Waals surface area contributed by atoms with Crippen LogP contribution in [-0.2, 0) is 0 Å². The van der Waals surface area contributed by atoms with E-state index < -0.39 is 0 Å². The number of rotatable bonds is 8. The first kappa shape index (κ1) is 15.3. The molecule has 106 valence electrons.